The van der Waals surface area contributed by atoms with Gasteiger partial charge < -0.3 is 0 Å². The van der Waals surface area contributed by atoms with Gasteiger partial charge in [-0.3, -0.25) is 0 Å². The standard InChI is InChI=1S/C15H22/c1-11(2)13-7-9-15(4)8-5-6-12(3)14(15)10-13/h5-7,10-12H,8-9H2,1-4H3/t12-,15-/m1/s1. The van der Waals surface area contributed by atoms with E-state index in [2.05, 4.69) is 52.0 Å². The zero-order valence-corrected chi connectivity index (χ0v) is 10.4. The van der Waals surface area contributed by atoms with Crippen LogP contribution in [0.1, 0.15) is 40.5 Å². The highest BCUT2D eigenvalue weighted by atomic mass is 14.4. The molecule has 0 aliphatic heterocycles. The average Bonchev–Trinajstić information content (AvgIpc) is 2.17. The third kappa shape index (κ3) is 1.82. The Labute approximate surface area is 93.8 Å². The molecule has 0 saturated carbocycles. The Morgan fingerprint density at radius 2 is 2.07 bits per heavy atom. The minimum Gasteiger partial charge on any atom is -0.0871 e. The summed E-state index contributed by atoms with van der Waals surface area (Å²) in [6.07, 6.45) is 12.1. The number of fused-ring (bicyclic) bond motifs is 1. The molecule has 0 amide bonds. The highest BCUT2D eigenvalue weighted by Gasteiger charge is 2.34. The van der Waals surface area contributed by atoms with Crippen LogP contribution in [0.15, 0.2) is 35.5 Å². The first-order chi connectivity index (χ1) is 7.03. The summed E-state index contributed by atoms with van der Waals surface area (Å²) in [5, 5.41) is 0. The second-order valence-electron chi connectivity index (χ2n) is 5.64. The van der Waals surface area contributed by atoms with Crippen LogP contribution in [-0.2, 0) is 0 Å². The third-order valence-corrected chi connectivity index (χ3v) is 3.96. The van der Waals surface area contributed by atoms with Gasteiger partial charge in [0.25, 0.3) is 0 Å². The highest BCUT2D eigenvalue weighted by Crippen LogP contribution is 2.46. The van der Waals surface area contributed by atoms with Gasteiger partial charge in [0.2, 0.25) is 0 Å². The second kappa shape index (κ2) is 3.66. The van der Waals surface area contributed by atoms with E-state index in [9.17, 15) is 0 Å². The van der Waals surface area contributed by atoms with Crippen molar-refractivity contribution in [3.05, 3.63) is 35.5 Å². The molecular formula is C15H22. The van der Waals surface area contributed by atoms with Gasteiger partial charge in [0.15, 0.2) is 0 Å². The van der Waals surface area contributed by atoms with E-state index >= 15 is 0 Å². The molecule has 15 heavy (non-hydrogen) atoms. The van der Waals surface area contributed by atoms with Gasteiger partial charge in [-0.1, -0.05) is 57.6 Å². The van der Waals surface area contributed by atoms with Crippen molar-refractivity contribution < 1.29 is 0 Å². The highest BCUT2D eigenvalue weighted by molar-refractivity contribution is 5.38. The van der Waals surface area contributed by atoms with Crippen LogP contribution in [0.2, 0.25) is 0 Å². The van der Waals surface area contributed by atoms with Gasteiger partial charge in [-0.2, -0.15) is 0 Å². The molecule has 0 aromatic heterocycles. The van der Waals surface area contributed by atoms with Gasteiger partial charge in [0, 0.05) is 0 Å². The molecule has 0 heteroatoms. The van der Waals surface area contributed by atoms with Gasteiger partial charge in [0.1, 0.15) is 0 Å². The van der Waals surface area contributed by atoms with Crippen molar-refractivity contribution in [3.8, 4) is 0 Å². The lowest BCUT2D eigenvalue weighted by Crippen LogP contribution is -2.27. The smallest absolute Gasteiger partial charge is 0.00383 e. The molecule has 0 unspecified atom stereocenters. The predicted octanol–water partition coefficient (Wildman–Crippen LogP) is 4.50. The Hall–Kier alpha value is -0.780. The Morgan fingerprint density at radius 3 is 2.73 bits per heavy atom. The molecule has 0 spiro atoms. The van der Waals surface area contributed by atoms with Crippen LogP contribution in [-0.4, -0.2) is 0 Å². The zero-order valence-electron chi connectivity index (χ0n) is 10.4. The average molecular weight is 202 g/mol. The summed E-state index contributed by atoms with van der Waals surface area (Å²) in [4.78, 5) is 0. The quantitative estimate of drug-likeness (QED) is 0.549. The van der Waals surface area contributed by atoms with Crippen LogP contribution >= 0.6 is 0 Å². The number of allylic oxidation sites excluding steroid dienone is 6. The van der Waals surface area contributed by atoms with Crippen LogP contribution in [0.5, 0.6) is 0 Å². The third-order valence-electron chi connectivity index (χ3n) is 3.96. The van der Waals surface area contributed by atoms with Gasteiger partial charge in [-0.25, -0.2) is 0 Å². The zero-order chi connectivity index (χ0) is 11.1. The Kier molecular flexibility index (Phi) is 2.62. The minimum absolute atomic E-state index is 0.409. The summed E-state index contributed by atoms with van der Waals surface area (Å²) in [6, 6.07) is 0. The van der Waals surface area contributed by atoms with Gasteiger partial charge in [-0.15, -0.1) is 0 Å². The first kappa shape index (κ1) is 10.7. The molecular weight excluding hydrogens is 180 g/mol. The fourth-order valence-corrected chi connectivity index (χ4v) is 2.79. The fourth-order valence-electron chi connectivity index (χ4n) is 2.79. The molecule has 82 valence electrons. The predicted molar refractivity (Wildman–Crippen MR) is 66.6 cm³/mol. The van der Waals surface area contributed by atoms with Gasteiger partial charge in [0.05, 0.1) is 0 Å². The molecule has 0 fully saturated rings. The SMILES string of the molecule is CC(C)C1=CC[C@@]2(C)CC=C[C@@H](C)C2=C1. The van der Waals surface area contributed by atoms with Crippen LogP contribution in [0.3, 0.4) is 0 Å². The van der Waals surface area contributed by atoms with Gasteiger partial charge in [-0.05, 0) is 35.7 Å². The number of hydrogen-bond donors (Lipinski definition) is 0. The van der Waals surface area contributed by atoms with E-state index in [1.807, 2.05) is 0 Å². The molecule has 0 radical (unpaired) electrons. The lowest BCUT2D eigenvalue weighted by atomic mass is 9.65. The number of hydrogen-bond acceptors (Lipinski definition) is 0. The first-order valence-electron chi connectivity index (χ1n) is 6.12. The largest absolute Gasteiger partial charge is 0.0871 e. The molecule has 2 atom stereocenters. The maximum atomic E-state index is 2.46. The van der Waals surface area contributed by atoms with Crippen LogP contribution in [0, 0.1) is 17.3 Å². The van der Waals surface area contributed by atoms with Crippen LogP contribution in [0.25, 0.3) is 0 Å². The summed E-state index contributed by atoms with van der Waals surface area (Å²) in [5.74, 6) is 1.30. The lowest BCUT2D eigenvalue weighted by Gasteiger charge is -2.39. The fraction of sp³-hybridized carbons (Fsp3) is 0.600. The van der Waals surface area contributed by atoms with E-state index < -0.39 is 0 Å². The topological polar surface area (TPSA) is 0 Å². The normalized spacial score (nSPS) is 34.9. The van der Waals surface area contributed by atoms with Crippen LogP contribution < -0.4 is 0 Å². The van der Waals surface area contributed by atoms with Crippen molar-refractivity contribution >= 4 is 0 Å². The van der Waals surface area contributed by atoms with Crippen molar-refractivity contribution in [1.29, 1.82) is 0 Å². The summed E-state index contributed by atoms with van der Waals surface area (Å²) in [6.45, 7) is 9.30. The van der Waals surface area contributed by atoms with E-state index in [1.54, 1.807) is 5.57 Å². The summed E-state index contributed by atoms with van der Waals surface area (Å²) >= 11 is 0. The molecule has 2 rings (SSSR count). The summed E-state index contributed by atoms with van der Waals surface area (Å²) in [5.41, 5.74) is 3.59. The van der Waals surface area contributed by atoms with Crippen LogP contribution in [0.4, 0.5) is 0 Å². The molecule has 0 nitrogen and oxygen atoms in total. The monoisotopic (exact) mass is 202 g/mol. The van der Waals surface area contributed by atoms with Crippen molar-refractivity contribution in [3.63, 3.8) is 0 Å². The van der Waals surface area contributed by atoms with Crippen molar-refractivity contribution in [2.45, 2.75) is 40.5 Å². The Morgan fingerprint density at radius 1 is 1.33 bits per heavy atom. The first-order valence-corrected chi connectivity index (χ1v) is 6.12. The van der Waals surface area contributed by atoms with Gasteiger partial charge >= 0.3 is 0 Å². The van der Waals surface area contributed by atoms with E-state index in [1.165, 1.54) is 18.4 Å². The molecule has 0 bridgehead atoms. The lowest BCUT2D eigenvalue weighted by molar-refractivity contribution is 0.358. The van der Waals surface area contributed by atoms with Crippen molar-refractivity contribution in [2.24, 2.45) is 17.3 Å². The Bertz CT molecular complexity index is 341. The maximum Gasteiger partial charge on any atom is -0.00383 e. The van der Waals surface area contributed by atoms with E-state index in [0.717, 1.165) is 0 Å². The number of rotatable bonds is 1. The molecule has 0 saturated heterocycles. The molecule has 0 heterocycles. The molecule has 0 N–H and O–H groups in total. The van der Waals surface area contributed by atoms with E-state index in [-0.39, 0.29) is 0 Å². The maximum absolute atomic E-state index is 2.46. The van der Waals surface area contributed by atoms with E-state index in [4.69, 9.17) is 0 Å². The summed E-state index contributed by atoms with van der Waals surface area (Å²) < 4.78 is 0. The van der Waals surface area contributed by atoms with Crippen molar-refractivity contribution in [1.82, 2.24) is 0 Å². The Balaban J connectivity index is 2.36. The molecule has 2 aliphatic rings. The molecule has 0 aromatic carbocycles. The minimum atomic E-state index is 0.409. The van der Waals surface area contributed by atoms with Crippen molar-refractivity contribution in [2.75, 3.05) is 0 Å². The molecule has 0 aromatic rings. The van der Waals surface area contributed by atoms with E-state index in [0.29, 0.717) is 17.3 Å². The molecule has 2 aliphatic carbocycles. The summed E-state index contributed by atoms with van der Waals surface area (Å²) in [7, 11) is 0. The second-order valence-corrected chi connectivity index (χ2v) is 5.64.